The summed E-state index contributed by atoms with van der Waals surface area (Å²) in [5, 5.41) is 3.20. The van der Waals surface area contributed by atoms with Crippen molar-refractivity contribution in [2.24, 2.45) is 0 Å². The summed E-state index contributed by atoms with van der Waals surface area (Å²) in [5.74, 6) is -0.191. The van der Waals surface area contributed by atoms with Gasteiger partial charge in [-0.05, 0) is 34.5 Å². The van der Waals surface area contributed by atoms with Crippen LogP contribution in [-0.4, -0.2) is 22.0 Å². The van der Waals surface area contributed by atoms with Crippen molar-refractivity contribution >= 4 is 48.7 Å². The molecule has 0 spiro atoms. The molecule has 0 aliphatic heterocycles. The predicted octanol–water partition coefficient (Wildman–Crippen LogP) is 2.45. The smallest absolute Gasteiger partial charge is 0.261 e. The molecule has 0 radical (unpaired) electrons. The Morgan fingerprint density at radius 2 is 2.15 bits per heavy atom. The standard InChI is InChI=1S/C13H13Br2N3O2/c1-2-3-16-11(19)6-18-7-17-12-9(13(18)20)4-8(14)5-10(12)15/h4-5,7H,2-3,6H2,1H3,(H,16,19). The second kappa shape index (κ2) is 6.49. The predicted molar refractivity (Wildman–Crippen MR) is 84.7 cm³/mol. The fourth-order valence-electron chi connectivity index (χ4n) is 1.78. The number of hydrogen-bond acceptors (Lipinski definition) is 3. The van der Waals surface area contributed by atoms with E-state index in [-0.39, 0.29) is 18.0 Å². The number of hydrogen-bond donors (Lipinski definition) is 1. The second-order valence-corrected chi connectivity index (χ2v) is 6.08. The van der Waals surface area contributed by atoms with E-state index in [9.17, 15) is 9.59 Å². The lowest BCUT2D eigenvalue weighted by Crippen LogP contribution is -2.32. The number of halogens is 2. The van der Waals surface area contributed by atoms with Crippen molar-refractivity contribution in [1.82, 2.24) is 14.9 Å². The summed E-state index contributed by atoms with van der Waals surface area (Å²) in [6, 6.07) is 3.53. The summed E-state index contributed by atoms with van der Waals surface area (Å²) in [4.78, 5) is 28.3. The third-order valence-electron chi connectivity index (χ3n) is 2.73. The summed E-state index contributed by atoms with van der Waals surface area (Å²) in [6.07, 6.45) is 2.26. The molecule has 0 unspecified atom stereocenters. The summed E-state index contributed by atoms with van der Waals surface area (Å²) < 4.78 is 2.83. The molecule has 1 aromatic carbocycles. The molecule has 1 aromatic heterocycles. The third-order valence-corrected chi connectivity index (χ3v) is 3.79. The first kappa shape index (κ1) is 15.2. The number of nitrogens with zero attached hydrogens (tertiary/aromatic N) is 2. The molecule has 1 heterocycles. The molecule has 0 saturated heterocycles. The van der Waals surface area contributed by atoms with E-state index in [0.717, 1.165) is 15.4 Å². The van der Waals surface area contributed by atoms with Crippen LogP contribution in [0.25, 0.3) is 10.9 Å². The molecule has 0 atom stereocenters. The molecule has 0 saturated carbocycles. The molecule has 0 aliphatic carbocycles. The number of amides is 1. The van der Waals surface area contributed by atoms with Gasteiger partial charge in [0, 0.05) is 15.5 Å². The van der Waals surface area contributed by atoms with Crippen molar-refractivity contribution in [1.29, 1.82) is 0 Å². The molecular formula is C13H13Br2N3O2. The molecule has 2 aromatic rings. The fourth-order valence-corrected chi connectivity index (χ4v) is 3.11. The lowest BCUT2D eigenvalue weighted by Gasteiger charge is -2.08. The van der Waals surface area contributed by atoms with Gasteiger partial charge in [0.15, 0.2) is 0 Å². The van der Waals surface area contributed by atoms with Crippen LogP contribution in [0, 0.1) is 0 Å². The van der Waals surface area contributed by atoms with Gasteiger partial charge in [0.2, 0.25) is 5.91 Å². The maximum Gasteiger partial charge on any atom is 0.261 e. The number of benzene rings is 1. The highest BCUT2D eigenvalue weighted by Gasteiger charge is 2.10. The van der Waals surface area contributed by atoms with E-state index in [0.29, 0.717) is 17.4 Å². The summed E-state index contributed by atoms with van der Waals surface area (Å²) in [5.41, 5.74) is 0.354. The first-order chi connectivity index (χ1) is 9.52. The zero-order chi connectivity index (χ0) is 14.7. The van der Waals surface area contributed by atoms with E-state index < -0.39 is 0 Å². The van der Waals surface area contributed by atoms with Crippen LogP contribution in [0.1, 0.15) is 13.3 Å². The van der Waals surface area contributed by atoms with Gasteiger partial charge in [-0.15, -0.1) is 0 Å². The van der Waals surface area contributed by atoms with Crippen LogP contribution >= 0.6 is 31.9 Å². The minimum atomic E-state index is -0.233. The van der Waals surface area contributed by atoms with Crippen LogP contribution in [-0.2, 0) is 11.3 Å². The summed E-state index contributed by atoms with van der Waals surface area (Å²) in [7, 11) is 0. The van der Waals surface area contributed by atoms with Crippen LogP contribution < -0.4 is 10.9 Å². The van der Waals surface area contributed by atoms with E-state index in [4.69, 9.17) is 0 Å². The minimum absolute atomic E-state index is 0.0219. The van der Waals surface area contributed by atoms with E-state index in [1.54, 1.807) is 6.07 Å². The van der Waals surface area contributed by atoms with Gasteiger partial charge >= 0.3 is 0 Å². The van der Waals surface area contributed by atoms with Crippen molar-refractivity contribution < 1.29 is 4.79 Å². The molecule has 1 amide bonds. The summed E-state index contributed by atoms with van der Waals surface area (Å²) in [6.45, 7) is 2.55. The van der Waals surface area contributed by atoms with Gasteiger partial charge in [-0.2, -0.15) is 0 Å². The Kier molecular flexibility index (Phi) is 4.93. The number of rotatable bonds is 4. The van der Waals surface area contributed by atoms with Crippen LogP contribution in [0.4, 0.5) is 0 Å². The maximum atomic E-state index is 12.3. The molecule has 2 rings (SSSR count). The van der Waals surface area contributed by atoms with E-state index in [1.807, 2.05) is 13.0 Å². The Balaban J connectivity index is 2.39. The normalized spacial score (nSPS) is 10.8. The summed E-state index contributed by atoms with van der Waals surface area (Å²) >= 11 is 6.71. The second-order valence-electron chi connectivity index (χ2n) is 4.31. The molecule has 0 aliphatic rings. The number of carbonyl (C=O) groups excluding carboxylic acids is 1. The average Bonchev–Trinajstić information content (AvgIpc) is 2.40. The lowest BCUT2D eigenvalue weighted by molar-refractivity contribution is -0.121. The monoisotopic (exact) mass is 401 g/mol. The highest BCUT2D eigenvalue weighted by molar-refractivity contribution is 9.11. The Morgan fingerprint density at radius 3 is 2.85 bits per heavy atom. The molecule has 5 nitrogen and oxygen atoms in total. The average molecular weight is 403 g/mol. The van der Waals surface area contributed by atoms with E-state index >= 15 is 0 Å². The molecule has 106 valence electrons. The van der Waals surface area contributed by atoms with Crippen molar-refractivity contribution in [2.75, 3.05) is 6.54 Å². The van der Waals surface area contributed by atoms with Crippen LogP contribution in [0.2, 0.25) is 0 Å². The van der Waals surface area contributed by atoms with Gasteiger partial charge in [-0.3, -0.25) is 14.2 Å². The molecule has 7 heteroatoms. The van der Waals surface area contributed by atoms with Gasteiger partial charge in [0.05, 0.1) is 17.2 Å². The molecule has 0 fully saturated rings. The van der Waals surface area contributed by atoms with Crippen LogP contribution in [0.3, 0.4) is 0 Å². The van der Waals surface area contributed by atoms with Crippen molar-refractivity contribution in [2.45, 2.75) is 19.9 Å². The zero-order valence-electron chi connectivity index (χ0n) is 10.8. The zero-order valence-corrected chi connectivity index (χ0v) is 14.0. The Morgan fingerprint density at radius 1 is 1.40 bits per heavy atom. The van der Waals surface area contributed by atoms with Crippen molar-refractivity contribution in [3.63, 3.8) is 0 Å². The Hall–Kier alpha value is -1.21. The van der Waals surface area contributed by atoms with Gasteiger partial charge in [0.25, 0.3) is 5.56 Å². The van der Waals surface area contributed by atoms with E-state index in [2.05, 4.69) is 42.2 Å². The largest absolute Gasteiger partial charge is 0.355 e. The van der Waals surface area contributed by atoms with Gasteiger partial charge in [0.1, 0.15) is 6.54 Å². The topological polar surface area (TPSA) is 64.0 Å². The Labute approximate surface area is 132 Å². The highest BCUT2D eigenvalue weighted by Crippen LogP contribution is 2.24. The minimum Gasteiger partial charge on any atom is -0.355 e. The van der Waals surface area contributed by atoms with Crippen LogP contribution in [0.15, 0.2) is 32.2 Å². The first-order valence-electron chi connectivity index (χ1n) is 6.13. The van der Waals surface area contributed by atoms with Gasteiger partial charge < -0.3 is 5.32 Å². The Bertz CT molecular complexity index is 713. The quantitative estimate of drug-likeness (QED) is 0.854. The SMILES string of the molecule is CCCNC(=O)Cn1cnc2c(Br)cc(Br)cc2c1=O. The number of nitrogens with one attached hydrogen (secondary N) is 1. The van der Waals surface area contributed by atoms with Crippen LogP contribution in [0.5, 0.6) is 0 Å². The van der Waals surface area contributed by atoms with E-state index in [1.165, 1.54) is 10.9 Å². The number of fused-ring (bicyclic) bond motifs is 1. The highest BCUT2D eigenvalue weighted by atomic mass is 79.9. The molecule has 0 bridgehead atoms. The fraction of sp³-hybridized carbons (Fsp3) is 0.308. The van der Waals surface area contributed by atoms with Crippen molar-refractivity contribution in [3.05, 3.63) is 37.8 Å². The van der Waals surface area contributed by atoms with Gasteiger partial charge in [-0.25, -0.2) is 4.98 Å². The number of carbonyl (C=O) groups is 1. The molecular weight excluding hydrogens is 390 g/mol. The van der Waals surface area contributed by atoms with Gasteiger partial charge in [-0.1, -0.05) is 22.9 Å². The molecule has 1 N–H and O–H groups in total. The molecule has 20 heavy (non-hydrogen) atoms. The van der Waals surface area contributed by atoms with Crippen molar-refractivity contribution in [3.8, 4) is 0 Å². The first-order valence-corrected chi connectivity index (χ1v) is 7.72. The third kappa shape index (κ3) is 3.27. The number of aromatic nitrogens is 2. The lowest BCUT2D eigenvalue weighted by atomic mass is 10.2. The maximum absolute atomic E-state index is 12.3.